The van der Waals surface area contributed by atoms with Gasteiger partial charge in [0.15, 0.2) is 0 Å². The van der Waals surface area contributed by atoms with Gasteiger partial charge in [-0.2, -0.15) is 0 Å². The molecule has 0 heterocycles. The Morgan fingerprint density at radius 3 is 2.47 bits per heavy atom. The second kappa shape index (κ2) is 5.51. The van der Waals surface area contributed by atoms with E-state index in [1.165, 1.54) is 7.11 Å². The van der Waals surface area contributed by atoms with Crippen molar-refractivity contribution in [3.63, 3.8) is 0 Å². The van der Waals surface area contributed by atoms with E-state index in [0.717, 1.165) is 15.2 Å². The van der Waals surface area contributed by atoms with E-state index in [1.807, 2.05) is 24.3 Å². The lowest BCUT2D eigenvalue weighted by Gasteiger charge is -2.09. The molecule has 5 heteroatoms. The number of anilines is 1. The number of carbonyl (C=O) groups excluding carboxylic acids is 1. The minimum absolute atomic E-state index is 0. The maximum Gasteiger partial charge on any atom is 0.340 e. The largest absolute Gasteiger partial charge is 0.465 e. The van der Waals surface area contributed by atoms with E-state index in [0.29, 0.717) is 11.3 Å². The topological polar surface area (TPSA) is 52.3 Å². The molecular formula is C12H11Br2NO2. The van der Waals surface area contributed by atoms with Crippen LogP contribution in [0.3, 0.4) is 0 Å². The predicted octanol–water partition coefficient (Wildman–Crippen LogP) is 3.55. The summed E-state index contributed by atoms with van der Waals surface area (Å²) in [7, 11) is 1.34. The number of benzene rings is 2. The molecule has 2 rings (SSSR count). The van der Waals surface area contributed by atoms with E-state index < -0.39 is 5.97 Å². The molecule has 0 saturated heterocycles. The molecule has 0 aliphatic heterocycles. The van der Waals surface area contributed by atoms with Gasteiger partial charge in [0.25, 0.3) is 0 Å². The van der Waals surface area contributed by atoms with Crippen LogP contribution in [0.25, 0.3) is 10.8 Å². The van der Waals surface area contributed by atoms with Crippen LogP contribution in [-0.4, -0.2) is 13.1 Å². The minimum Gasteiger partial charge on any atom is -0.465 e. The molecule has 2 aromatic rings. The molecule has 0 saturated carbocycles. The molecule has 0 bridgehead atoms. The van der Waals surface area contributed by atoms with Gasteiger partial charge in [0.05, 0.1) is 18.4 Å². The maximum absolute atomic E-state index is 11.5. The van der Waals surface area contributed by atoms with Crippen molar-refractivity contribution in [3.05, 3.63) is 40.4 Å². The van der Waals surface area contributed by atoms with Crippen molar-refractivity contribution in [3.8, 4) is 0 Å². The summed E-state index contributed by atoms with van der Waals surface area (Å²) in [6.07, 6.45) is 0. The zero-order valence-electron chi connectivity index (χ0n) is 9.07. The van der Waals surface area contributed by atoms with Gasteiger partial charge in [0.2, 0.25) is 0 Å². The fourth-order valence-electron chi connectivity index (χ4n) is 1.63. The molecule has 0 unspecified atom stereocenters. The Kier molecular flexibility index (Phi) is 4.54. The summed E-state index contributed by atoms with van der Waals surface area (Å²) in [6.45, 7) is 0. The lowest BCUT2D eigenvalue weighted by molar-refractivity contribution is 0.0602. The number of halogens is 2. The Labute approximate surface area is 118 Å². The Balaban J connectivity index is 0.00000144. The SMILES string of the molecule is Br.COC(=O)c1cc(Br)c2ccccc2c1N. The number of fused-ring (bicyclic) bond motifs is 1. The van der Waals surface area contributed by atoms with Gasteiger partial charge in [-0.25, -0.2) is 4.79 Å². The highest BCUT2D eigenvalue weighted by molar-refractivity contribution is 9.10. The molecule has 0 amide bonds. The van der Waals surface area contributed by atoms with Crippen LogP contribution in [0, 0.1) is 0 Å². The van der Waals surface area contributed by atoms with E-state index >= 15 is 0 Å². The van der Waals surface area contributed by atoms with Crippen molar-refractivity contribution >= 4 is 55.3 Å². The Bertz CT molecular complexity index is 570. The van der Waals surface area contributed by atoms with Gasteiger partial charge in [-0.05, 0) is 11.5 Å². The Hall–Kier alpha value is -1.07. The lowest BCUT2D eigenvalue weighted by atomic mass is 10.0. The number of hydrogen-bond donors (Lipinski definition) is 1. The molecule has 0 aliphatic rings. The van der Waals surface area contributed by atoms with Crippen LogP contribution in [0.4, 0.5) is 5.69 Å². The maximum atomic E-state index is 11.5. The van der Waals surface area contributed by atoms with Crippen molar-refractivity contribution in [1.29, 1.82) is 0 Å². The summed E-state index contributed by atoms with van der Waals surface area (Å²) in [6, 6.07) is 9.30. The first-order chi connectivity index (χ1) is 7.65. The van der Waals surface area contributed by atoms with E-state index in [1.54, 1.807) is 6.07 Å². The monoisotopic (exact) mass is 359 g/mol. The first-order valence-corrected chi connectivity index (χ1v) is 5.49. The van der Waals surface area contributed by atoms with Crippen LogP contribution in [-0.2, 0) is 4.74 Å². The number of nitrogen functional groups attached to an aromatic ring is 1. The van der Waals surface area contributed by atoms with Gasteiger partial charge in [-0.1, -0.05) is 40.2 Å². The molecule has 0 spiro atoms. The molecule has 17 heavy (non-hydrogen) atoms. The average Bonchev–Trinajstić information content (AvgIpc) is 2.33. The molecule has 0 radical (unpaired) electrons. The van der Waals surface area contributed by atoms with Crippen LogP contribution in [0.5, 0.6) is 0 Å². The van der Waals surface area contributed by atoms with Crippen LogP contribution in [0.15, 0.2) is 34.8 Å². The van der Waals surface area contributed by atoms with E-state index in [4.69, 9.17) is 5.73 Å². The van der Waals surface area contributed by atoms with Gasteiger partial charge >= 0.3 is 5.97 Å². The van der Waals surface area contributed by atoms with E-state index in [9.17, 15) is 4.79 Å². The third kappa shape index (κ3) is 2.45. The first-order valence-electron chi connectivity index (χ1n) is 4.70. The summed E-state index contributed by atoms with van der Waals surface area (Å²) >= 11 is 3.42. The van der Waals surface area contributed by atoms with Crippen LogP contribution >= 0.6 is 32.9 Å². The molecule has 2 aromatic carbocycles. The molecule has 0 atom stereocenters. The highest BCUT2D eigenvalue weighted by Crippen LogP contribution is 2.31. The van der Waals surface area contributed by atoms with Gasteiger partial charge < -0.3 is 10.5 Å². The fourth-order valence-corrected chi connectivity index (χ4v) is 2.21. The molecule has 0 fully saturated rings. The summed E-state index contributed by atoms with van der Waals surface area (Å²) in [5.41, 5.74) is 6.77. The van der Waals surface area contributed by atoms with Crippen LogP contribution in [0.1, 0.15) is 10.4 Å². The third-order valence-electron chi connectivity index (χ3n) is 2.44. The summed E-state index contributed by atoms with van der Waals surface area (Å²) in [5.74, 6) is -0.427. The Morgan fingerprint density at radius 1 is 1.29 bits per heavy atom. The number of esters is 1. The van der Waals surface area contributed by atoms with Crippen molar-refractivity contribution in [1.82, 2.24) is 0 Å². The average molecular weight is 361 g/mol. The fraction of sp³-hybridized carbons (Fsp3) is 0.0833. The number of carbonyl (C=O) groups is 1. The quantitative estimate of drug-likeness (QED) is 0.625. The number of rotatable bonds is 1. The number of methoxy groups -OCH3 is 1. The second-order valence-electron chi connectivity index (χ2n) is 3.36. The third-order valence-corrected chi connectivity index (χ3v) is 3.10. The first kappa shape index (κ1) is 14.0. The zero-order chi connectivity index (χ0) is 11.7. The van der Waals surface area contributed by atoms with Crippen molar-refractivity contribution in [2.24, 2.45) is 0 Å². The smallest absolute Gasteiger partial charge is 0.340 e. The van der Waals surface area contributed by atoms with Gasteiger partial charge in [0, 0.05) is 9.86 Å². The van der Waals surface area contributed by atoms with Gasteiger partial charge in [-0.3, -0.25) is 0 Å². The highest BCUT2D eigenvalue weighted by atomic mass is 79.9. The molecule has 0 aromatic heterocycles. The lowest BCUT2D eigenvalue weighted by Crippen LogP contribution is -2.06. The molecule has 0 aliphatic carbocycles. The standard InChI is InChI=1S/C12H10BrNO2.BrH/c1-16-12(15)9-6-10(13)7-4-2-3-5-8(7)11(9)14;/h2-6H,14H2,1H3;1H. The predicted molar refractivity (Wildman–Crippen MR) is 77.7 cm³/mol. The van der Waals surface area contributed by atoms with Gasteiger partial charge in [-0.15, -0.1) is 17.0 Å². The highest BCUT2D eigenvalue weighted by Gasteiger charge is 2.14. The summed E-state index contributed by atoms with van der Waals surface area (Å²) in [5, 5.41) is 1.82. The van der Waals surface area contributed by atoms with E-state index in [-0.39, 0.29) is 17.0 Å². The number of nitrogens with two attached hydrogens (primary N) is 1. The Morgan fingerprint density at radius 2 is 1.88 bits per heavy atom. The second-order valence-corrected chi connectivity index (χ2v) is 4.21. The van der Waals surface area contributed by atoms with Crippen molar-refractivity contribution in [2.45, 2.75) is 0 Å². The van der Waals surface area contributed by atoms with Crippen LogP contribution < -0.4 is 5.73 Å². The molecule has 90 valence electrons. The molecule has 3 nitrogen and oxygen atoms in total. The molecular weight excluding hydrogens is 350 g/mol. The normalized spacial score (nSPS) is 9.76. The van der Waals surface area contributed by atoms with Crippen molar-refractivity contribution < 1.29 is 9.53 Å². The summed E-state index contributed by atoms with van der Waals surface area (Å²) in [4.78, 5) is 11.5. The minimum atomic E-state index is -0.427. The molecule has 2 N–H and O–H groups in total. The number of hydrogen-bond acceptors (Lipinski definition) is 3. The zero-order valence-corrected chi connectivity index (χ0v) is 12.4. The van der Waals surface area contributed by atoms with Crippen molar-refractivity contribution in [2.75, 3.05) is 12.8 Å². The van der Waals surface area contributed by atoms with E-state index in [2.05, 4.69) is 20.7 Å². The van der Waals surface area contributed by atoms with Crippen LogP contribution in [0.2, 0.25) is 0 Å². The van der Waals surface area contributed by atoms with Gasteiger partial charge in [0.1, 0.15) is 0 Å². The summed E-state index contributed by atoms with van der Waals surface area (Å²) < 4.78 is 5.51. The number of ether oxygens (including phenoxy) is 1.